The monoisotopic (exact) mass is 459 g/mol. The summed E-state index contributed by atoms with van der Waals surface area (Å²) >= 11 is 0.980. The first-order valence-electron chi connectivity index (χ1n) is 7.58. The van der Waals surface area contributed by atoms with Crippen LogP contribution in [0.2, 0.25) is 0 Å². The van der Waals surface area contributed by atoms with Gasteiger partial charge in [-0.05, 0) is 20.8 Å². The number of rotatable bonds is 7. The molecule has 0 bridgehead atoms. The fourth-order valence-corrected chi connectivity index (χ4v) is 3.54. The molecule has 1 aliphatic heterocycles. The maximum Gasteiger partial charge on any atom is 1.00 e. The van der Waals surface area contributed by atoms with Crippen LogP contribution in [-0.2, 0) is 29.5 Å². The number of nitrogens with two attached hydrogens (primary N) is 1. The van der Waals surface area contributed by atoms with Gasteiger partial charge in [-0.25, -0.2) is 14.1 Å². The second-order valence-electron chi connectivity index (χ2n) is 6.22. The van der Waals surface area contributed by atoms with Crippen LogP contribution in [0.15, 0.2) is 10.5 Å². The number of thiazole rings is 1. The van der Waals surface area contributed by atoms with Crippen molar-refractivity contribution in [2.45, 2.75) is 38.5 Å². The van der Waals surface area contributed by atoms with E-state index in [0.717, 1.165) is 11.3 Å². The number of anilines is 1. The Morgan fingerprint density at radius 3 is 2.48 bits per heavy atom. The Kier molecular flexibility index (Phi) is 7.78. The molecule has 156 valence electrons. The molecule has 2 rings (SSSR count). The van der Waals surface area contributed by atoms with Crippen molar-refractivity contribution < 1.29 is 68.3 Å². The summed E-state index contributed by atoms with van der Waals surface area (Å²) in [5.74, 6) is -3.38. The quantitative estimate of drug-likeness (QED) is 0.102. The third-order valence-corrected chi connectivity index (χ3v) is 5.41. The number of carbonyl (C=O) groups excluding carboxylic acids is 2. The molecule has 0 aliphatic carbocycles. The third kappa shape index (κ3) is 5.43. The molecular formula is C13H18N5NaO8S2. The third-order valence-electron chi connectivity index (χ3n) is 3.73. The summed E-state index contributed by atoms with van der Waals surface area (Å²) in [6.07, 6.45) is 0. The summed E-state index contributed by atoms with van der Waals surface area (Å²) in [5.41, 5.74) is 3.26. The van der Waals surface area contributed by atoms with Crippen LogP contribution in [0.1, 0.15) is 27.9 Å². The van der Waals surface area contributed by atoms with E-state index in [1.54, 1.807) is 0 Å². The van der Waals surface area contributed by atoms with Gasteiger partial charge in [-0.15, -0.1) is 11.3 Å². The van der Waals surface area contributed by atoms with Crippen molar-refractivity contribution in [3.05, 3.63) is 11.1 Å². The summed E-state index contributed by atoms with van der Waals surface area (Å²) in [6, 6.07) is -2.31. The van der Waals surface area contributed by atoms with E-state index in [9.17, 15) is 22.8 Å². The van der Waals surface area contributed by atoms with Gasteiger partial charge >= 0.3 is 45.8 Å². The van der Waals surface area contributed by atoms with E-state index >= 15 is 0 Å². The summed E-state index contributed by atoms with van der Waals surface area (Å²) in [7, 11) is -4.76. The first-order valence-corrected chi connectivity index (χ1v) is 9.86. The predicted octanol–water partition coefficient (Wildman–Crippen LogP) is -4.06. The van der Waals surface area contributed by atoms with Crippen LogP contribution in [-0.4, -0.2) is 68.5 Å². The van der Waals surface area contributed by atoms with Crippen molar-refractivity contribution >= 4 is 50.3 Å². The number of carboxylic acids is 1. The zero-order valence-corrected chi connectivity index (χ0v) is 19.4. The molecule has 2 amide bonds. The van der Waals surface area contributed by atoms with Crippen LogP contribution < -0.4 is 40.6 Å². The van der Waals surface area contributed by atoms with Crippen LogP contribution >= 0.6 is 11.3 Å². The van der Waals surface area contributed by atoms with Crippen molar-refractivity contribution in [3.63, 3.8) is 0 Å². The van der Waals surface area contributed by atoms with Gasteiger partial charge in [-0.1, -0.05) is 5.16 Å². The van der Waals surface area contributed by atoms with Gasteiger partial charge < -0.3 is 22.4 Å². The van der Waals surface area contributed by atoms with E-state index < -0.39 is 51.5 Å². The fraction of sp³-hybridized carbons (Fsp3) is 0.462. The van der Waals surface area contributed by atoms with Crippen molar-refractivity contribution in [1.82, 2.24) is 14.6 Å². The van der Waals surface area contributed by atoms with Crippen LogP contribution in [0.4, 0.5) is 5.13 Å². The number of nitrogen functional groups attached to an aromatic ring is 1. The second-order valence-corrected chi connectivity index (χ2v) is 8.40. The molecule has 0 spiro atoms. The summed E-state index contributed by atoms with van der Waals surface area (Å²) in [4.78, 5) is 44.4. The first-order chi connectivity index (χ1) is 12.8. The molecule has 0 radical (unpaired) electrons. The number of carboxylic acid groups (broad SMARTS) is 1. The molecule has 1 fully saturated rings. The summed E-state index contributed by atoms with van der Waals surface area (Å²) in [5, 5.41) is 16.3. The van der Waals surface area contributed by atoms with Crippen LogP contribution in [0, 0.1) is 0 Å². The topological polar surface area (TPSA) is 202 Å². The van der Waals surface area contributed by atoms with E-state index in [2.05, 4.69) is 15.5 Å². The Hall–Kier alpha value is -1.78. The van der Waals surface area contributed by atoms with Gasteiger partial charge in [-0.3, -0.25) is 14.1 Å². The SMILES string of the molecule is C[C@@H]1[C@H](NC(=O)/C(=N\OC(C)(C)C(=O)O)c2csc(N)n2)C(=O)N1S(=O)(=O)O.[H-].[Na+]. The minimum absolute atomic E-state index is 0. The summed E-state index contributed by atoms with van der Waals surface area (Å²) < 4.78 is 31.4. The number of oxime groups is 1. The molecule has 1 aliphatic rings. The molecule has 0 unspecified atom stereocenters. The molecule has 1 aromatic heterocycles. The Labute approximate surface area is 192 Å². The van der Waals surface area contributed by atoms with Crippen molar-refractivity contribution in [1.29, 1.82) is 0 Å². The molecule has 0 saturated carbocycles. The van der Waals surface area contributed by atoms with Gasteiger partial charge in [0.05, 0.1) is 6.04 Å². The van der Waals surface area contributed by atoms with E-state index in [1.807, 2.05) is 0 Å². The zero-order valence-electron chi connectivity index (χ0n) is 16.8. The van der Waals surface area contributed by atoms with Gasteiger partial charge in [0.25, 0.3) is 11.8 Å². The number of nitrogens with zero attached hydrogens (tertiary/aromatic N) is 3. The second kappa shape index (κ2) is 8.93. The normalized spacial score (nSPS) is 19.8. The number of hydrogen-bond acceptors (Lipinski definition) is 10. The Morgan fingerprint density at radius 2 is 2.07 bits per heavy atom. The Balaban J connectivity index is 0.00000420. The molecule has 1 aromatic rings. The summed E-state index contributed by atoms with van der Waals surface area (Å²) in [6.45, 7) is 3.69. The van der Waals surface area contributed by atoms with Gasteiger partial charge in [0.1, 0.15) is 11.7 Å². The smallest absolute Gasteiger partial charge is 1.00 e. The molecule has 5 N–H and O–H groups in total. The number of amides is 2. The average Bonchev–Trinajstić information content (AvgIpc) is 2.97. The molecule has 29 heavy (non-hydrogen) atoms. The van der Waals surface area contributed by atoms with Crippen LogP contribution in [0.3, 0.4) is 0 Å². The van der Waals surface area contributed by atoms with Crippen molar-refractivity contribution in [3.8, 4) is 0 Å². The molecule has 2 atom stereocenters. The van der Waals surface area contributed by atoms with Gasteiger partial charge in [-0.2, -0.15) is 8.42 Å². The van der Waals surface area contributed by atoms with E-state index in [4.69, 9.17) is 20.2 Å². The Bertz CT molecular complexity index is 966. The van der Waals surface area contributed by atoms with Crippen LogP contribution in [0.25, 0.3) is 0 Å². The molecule has 13 nitrogen and oxygen atoms in total. The van der Waals surface area contributed by atoms with Crippen molar-refractivity contribution in [2.24, 2.45) is 5.16 Å². The number of carbonyl (C=O) groups is 3. The van der Waals surface area contributed by atoms with E-state index in [-0.39, 0.29) is 46.1 Å². The number of hydrogen-bond donors (Lipinski definition) is 4. The maximum atomic E-state index is 12.6. The minimum Gasteiger partial charge on any atom is -1.00 e. The van der Waals surface area contributed by atoms with Gasteiger partial charge in [0, 0.05) is 5.38 Å². The van der Waals surface area contributed by atoms with Gasteiger partial charge in [0.2, 0.25) is 5.60 Å². The van der Waals surface area contributed by atoms with E-state index in [1.165, 1.54) is 26.2 Å². The molecular weight excluding hydrogens is 441 g/mol. The van der Waals surface area contributed by atoms with E-state index in [0.29, 0.717) is 0 Å². The average molecular weight is 459 g/mol. The number of aliphatic carboxylic acids is 1. The molecule has 16 heteroatoms. The molecule has 2 heterocycles. The maximum absolute atomic E-state index is 12.6. The number of β-lactam (4-membered cyclic amide) rings is 1. The molecule has 1 saturated heterocycles. The largest absolute Gasteiger partial charge is 1.00 e. The fourth-order valence-electron chi connectivity index (χ4n) is 2.11. The first kappa shape index (κ1) is 25.3. The number of aromatic nitrogens is 1. The minimum atomic E-state index is -4.76. The Morgan fingerprint density at radius 1 is 1.48 bits per heavy atom. The predicted molar refractivity (Wildman–Crippen MR) is 96.8 cm³/mol. The van der Waals surface area contributed by atoms with Crippen molar-refractivity contribution in [2.75, 3.05) is 5.73 Å². The van der Waals surface area contributed by atoms with Crippen LogP contribution in [0.5, 0.6) is 0 Å². The number of nitrogens with one attached hydrogen (secondary N) is 1. The standard InChI is InChI=1S/C13H17N5O8S2.Na.H/c1-5-7(10(20)18(5)28(23,24)25)16-9(19)8(6-4-27-12(14)15-6)17-26-13(2,3)11(21)22;;/h4-5,7H,1-3H3,(H2,14,15)(H,16,19)(H,21,22)(H,23,24,25);;/q;+1;-1/b17-8-;;/t5-,7+;;/m1../s1. The van der Waals surface area contributed by atoms with Gasteiger partial charge in [0.15, 0.2) is 10.8 Å². The zero-order chi connectivity index (χ0) is 21.4. The molecule has 0 aromatic carbocycles.